The lowest BCUT2D eigenvalue weighted by Gasteiger charge is -2.13. The second-order valence-electron chi connectivity index (χ2n) is 3.67. The molecule has 0 aromatic rings. The van der Waals surface area contributed by atoms with Crippen molar-refractivity contribution in [3.8, 4) is 0 Å². The van der Waals surface area contributed by atoms with Gasteiger partial charge in [0.2, 0.25) is 0 Å². The maximum absolute atomic E-state index is 10.8. The molecule has 1 aliphatic rings. The molecule has 0 spiro atoms. The molecule has 0 aromatic carbocycles. The fraction of sp³-hybridized carbons (Fsp3) is 1.00. The molecular formula is C8H16ClNO2S. The Morgan fingerprint density at radius 1 is 1.54 bits per heavy atom. The van der Waals surface area contributed by atoms with E-state index in [1.807, 2.05) is 0 Å². The molecule has 0 amide bonds. The monoisotopic (exact) mass is 225 g/mol. The number of nitrogens with zero attached hydrogens (tertiary/aromatic N) is 1. The standard InChI is InChI=1S/C8H16ClNO2S/c1-13(11,12)6-2-4-10-5-3-8(9)7-10/h8H,2-7H2,1H3. The highest BCUT2D eigenvalue weighted by atomic mass is 35.5. The molecule has 3 nitrogen and oxygen atoms in total. The zero-order chi connectivity index (χ0) is 9.90. The van der Waals surface area contributed by atoms with Crippen LogP contribution in [0.3, 0.4) is 0 Å². The van der Waals surface area contributed by atoms with Crippen LogP contribution in [0.1, 0.15) is 12.8 Å². The molecule has 5 heteroatoms. The van der Waals surface area contributed by atoms with Gasteiger partial charge in [-0.25, -0.2) is 8.42 Å². The van der Waals surface area contributed by atoms with Crippen molar-refractivity contribution in [2.24, 2.45) is 0 Å². The third-order valence-electron chi connectivity index (χ3n) is 2.20. The first-order valence-corrected chi connectivity index (χ1v) is 7.01. The van der Waals surface area contributed by atoms with E-state index in [9.17, 15) is 8.42 Å². The van der Waals surface area contributed by atoms with Gasteiger partial charge in [0.05, 0.1) is 5.75 Å². The van der Waals surface area contributed by atoms with Crippen LogP contribution in [0, 0.1) is 0 Å². The highest BCUT2D eigenvalue weighted by molar-refractivity contribution is 7.90. The van der Waals surface area contributed by atoms with E-state index in [1.165, 1.54) is 6.26 Å². The van der Waals surface area contributed by atoms with Crippen molar-refractivity contribution in [3.63, 3.8) is 0 Å². The Hall–Kier alpha value is 0.200. The summed E-state index contributed by atoms with van der Waals surface area (Å²) in [5.41, 5.74) is 0. The summed E-state index contributed by atoms with van der Waals surface area (Å²) in [4.78, 5) is 2.23. The van der Waals surface area contributed by atoms with Gasteiger partial charge in [-0.15, -0.1) is 11.6 Å². The van der Waals surface area contributed by atoms with Gasteiger partial charge in [0.25, 0.3) is 0 Å². The van der Waals surface area contributed by atoms with Gasteiger partial charge in [-0.3, -0.25) is 0 Å². The minimum atomic E-state index is -2.79. The lowest BCUT2D eigenvalue weighted by molar-refractivity contribution is 0.340. The van der Waals surface area contributed by atoms with E-state index in [-0.39, 0.29) is 11.1 Å². The van der Waals surface area contributed by atoms with Crippen LogP contribution in [0.5, 0.6) is 0 Å². The van der Waals surface area contributed by atoms with Crippen molar-refractivity contribution in [1.29, 1.82) is 0 Å². The van der Waals surface area contributed by atoms with Crippen LogP contribution in [-0.4, -0.2) is 50.3 Å². The lowest BCUT2D eigenvalue weighted by Crippen LogP contribution is -2.23. The first-order valence-electron chi connectivity index (χ1n) is 4.51. The van der Waals surface area contributed by atoms with E-state index >= 15 is 0 Å². The molecule has 1 saturated heterocycles. The van der Waals surface area contributed by atoms with Crippen LogP contribution in [0.4, 0.5) is 0 Å². The second kappa shape index (κ2) is 4.62. The SMILES string of the molecule is CS(=O)(=O)CCCN1CCC(Cl)C1. The predicted molar refractivity (Wildman–Crippen MR) is 55.0 cm³/mol. The predicted octanol–water partition coefficient (Wildman–Crippen LogP) is 0.734. The quantitative estimate of drug-likeness (QED) is 0.663. The maximum Gasteiger partial charge on any atom is 0.147 e. The van der Waals surface area contributed by atoms with Crippen molar-refractivity contribution in [2.75, 3.05) is 31.6 Å². The summed E-state index contributed by atoms with van der Waals surface area (Å²) in [6.45, 7) is 2.78. The number of halogens is 1. The Bertz CT molecular complexity index is 253. The summed E-state index contributed by atoms with van der Waals surface area (Å²) in [7, 11) is -2.79. The Morgan fingerprint density at radius 2 is 2.23 bits per heavy atom. The van der Waals surface area contributed by atoms with E-state index in [1.54, 1.807) is 0 Å². The van der Waals surface area contributed by atoms with Gasteiger partial charge in [0.15, 0.2) is 0 Å². The fourth-order valence-corrected chi connectivity index (χ4v) is 2.49. The second-order valence-corrected chi connectivity index (χ2v) is 6.55. The molecule has 0 aromatic heterocycles. The smallest absolute Gasteiger partial charge is 0.147 e. The van der Waals surface area contributed by atoms with Gasteiger partial charge in [0.1, 0.15) is 9.84 Å². The fourth-order valence-electron chi connectivity index (χ4n) is 1.54. The normalized spacial score (nSPS) is 25.2. The minimum Gasteiger partial charge on any atom is -0.302 e. The molecule has 1 atom stereocenters. The number of likely N-dealkylation sites (tertiary alicyclic amines) is 1. The van der Waals surface area contributed by atoms with Crippen LogP contribution < -0.4 is 0 Å². The van der Waals surface area contributed by atoms with Gasteiger partial charge in [-0.05, 0) is 25.9 Å². The van der Waals surface area contributed by atoms with E-state index in [0.717, 1.165) is 32.5 Å². The third kappa shape index (κ3) is 4.84. The van der Waals surface area contributed by atoms with Crippen molar-refractivity contribution >= 4 is 21.4 Å². The third-order valence-corrected chi connectivity index (χ3v) is 3.59. The highest BCUT2D eigenvalue weighted by Crippen LogP contribution is 2.14. The number of alkyl halides is 1. The average molecular weight is 226 g/mol. The zero-order valence-corrected chi connectivity index (χ0v) is 9.44. The highest BCUT2D eigenvalue weighted by Gasteiger charge is 2.19. The molecule has 0 aliphatic carbocycles. The molecule has 1 heterocycles. The summed E-state index contributed by atoms with van der Waals surface area (Å²) in [5, 5.41) is 0.262. The molecule has 78 valence electrons. The van der Waals surface area contributed by atoms with E-state index in [0.29, 0.717) is 0 Å². The number of rotatable bonds is 4. The largest absolute Gasteiger partial charge is 0.302 e. The minimum absolute atomic E-state index is 0.262. The van der Waals surface area contributed by atoms with Crippen LogP contribution in [-0.2, 0) is 9.84 Å². The Balaban J connectivity index is 2.14. The summed E-state index contributed by atoms with van der Waals surface area (Å²) >= 11 is 5.92. The molecule has 1 rings (SSSR count). The topological polar surface area (TPSA) is 37.4 Å². The van der Waals surface area contributed by atoms with Gasteiger partial charge < -0.3 is 4.90 Å². The van der Waals surface area contributed by atoms with Crippen molar-refractivity contribution < 1.29 is 8.42 Å². The lowest BCUT2D eigenvalue weighted by atomic mass is 10.4. The van der Waals surface area contributed by atoms with E-state index < -0.39 is 9.84 Å². The van der Waals surface area contributed by atoms with Gasteiger partial charge in [0, 0.05) is 18.2 Å². The number of hydrogen-bond donors (Lipinski definition) is 0. The molecule has 1 aliphatic heterocycles. The van der Waals surface area contributed by atoms with Crippen molar-refractivity contribution in [1.82, 2.24) is 4.90 Å². The molecule has 0 radical (unpaired) electrons. The van der Waals surface area contributed by atoms with Crippen LogP contribution in [0.15, 0.2) is 0 Å². The summed E-state index contributed by atoms with van der Waals surface area (Å²) in [6.07, 6.45) is 3.03. The molecular weight excluding hydrogens is 210 g/mol. The van der Waals surface area contributed by atoms with Gasteiger partial charge >= 0.3 is 0 Å². The van der Waals surface area contributed by atoms with Crippen molar-refractivity contribution in [3.05, 3.63) is 0 Å². The first kappa shape index (κ1) is 11.3. The van der Waals surface area contributed by atoms with Crippen LogP contribution in [0.25, 0.3) is 0 Å². The van der Waals surface area contributed by atoms with Gasteiger partial charge in [-0.1, -0.05) is 0 Å². The Labute approximate surface area is 85.0 Å². The molecule has 0 bridgehead atoms. The molecule has 13 heavy (non-hydrogen) atoms. The maximum atomic E-state index is 10.8. The molecule has 1 unspecified atom stereocenters. The van der Waals surface area contributed by atoms with E-state index in [4.69, 9.17) is 11.6 Å². The Morgan fingerprint density at radius 3 is 2.69 bits per heavy atom. The van der Waals surface area contributed by atoms with E-state index in [2.05, 4.69) is 4.90 Å². The molecule has 0 saturated carbocycles. The zero-order valence-electron chi connectivity index (χ0n) is 7.87. The van der Waals surface area contributed by atoms with Crippen LogP contribution in [0.2, 0.25) is 0 Å². The number of hydrogen-bond acceptors (Lipinski definition) is 3. The summed E-state index contributed by atoms with van der Waals surface area (Å²) in [6, 6.07) is 0. The number of sulfone groups is 1. The first-order chi connectivity index (χ1) is 5.97. The Kier molecular flexibility index (Phi) is 4.01. The van der Waals surface area contributed by atoms with Gasteiger partial charge in [-0.2, -0.15) is 0 Å². The molecule has 1 fully saturated rings. The van der Waals surface area contributed by atoms with Crippen LogP contribution >= 0.6 is 11.6 Å². The average Bonchev–Trinajstić information content (AvgIpc) is 2.33. The molecule has 0 N–H and O–H groups in total. The summed E-state index contributed by atoms with van der Waals surface area (Å²) in [5.74, 6) is 0.288. The van der Waals surface area contributed by atoms with Crippen molar-refractivity contribution in [2.45, 2.75) is 18.2 Å². The summed E-state index contributed by atoms with van der Waals surface area (Å²) < 4.78 is 21.6.